The van der Waals surface area contributed by atoms with Gasteiger partial charge in [0.05, 0.1) is 28.9 Å². The van der Waals surface area contributed by atoms with Gasteiger partial charge in [0.2, 0.25) is 5.91 Å². The van der Waals surface area contributed by atoms with Gasteiger partial charge >= 0.3 is 5.97 Å². The van der Waals surface area contributed by atoms with Crippen LogP contribution < -0.4 is 10.6 Å². The molecule has 0 bridgehead atoms. The lowest BCUT2D eigenvalue weighted by Crippen LogP contribution is -2.32. The second-order valence-electron chi connectivity index (χ2n) is 4.03. The van der Waals surface area contributed by atoms with Crippen molar-refractivity contribution in [2.75, 3.05) is 18.4 Å². The molecule has 0 aliphatic heterocycles. The number of aliphatic hydroxyl groups excluding tert-OH is 1. The van der Waals surface area contributed by atoms with Crippen LogP contribution in [0.2, 0.25) is 5.02 Å². The lowest BCUT2D eigenvalue weighted by Gasteiger charge is -2.09. The zero-order chi connectivity index (χ0) is 14.4. The number of carbonyl (C=O) groups is 2. The predicted molar refractivity (Wildman–Crippen MR) is 71.6 cm³/mol. The number of aromatic carboxylic acids is 1. The molecule has 1 aromatic rings. The van der Waals surface area contributed by atoms with Crippen LogP contribution in [-0.2, 0) is 4.79 Å². The molecule has 1 aromatic carbocycles. The maximum absolute atomic E-state index is 11.6. The fourth-order valence-electron chi connectivity index (χ4n) is 1.34. The van der Waals surface area contributed by atoms with Crippen molar-refractivity contribution in [3.8, 4) is 0 Å². The molecular formula is C12H15ClN2O4. The van der Waals surface area contributed by atoms with E-state index < -0.39 is 12.1 Å². The Morgan fingerprint density at radius 3 is 2.68 bits per heavy atom. The quantitative estimate of drug-likeness (QED) is 0.624. The molecule has 0 saturated heterocycles. The molecule has 0 aliphatic rings. The van der Waals surface area contributed by atoms with Gasteiger partial charge in [-0.15, -0.1) is 0 Å². The van der Waals surface area contributed by atoms with Crippen LogP contribution in [0.5, 0.6) is 0 Å². The Bertz CT molecular complexity index is 477. The van der Waals surface area contributed by atoms with Crippen LogP contribution >= 0.6 is 11.6 Å². The van der Waals surface area contributed by atoms with E-state index in [1.54, 1.807) is 6.92 Å². The summed E-state index contributed by atoms with van der Waals surface area (Å²) in [5.41, 5.74) is 0.280. The molecule has 7 heteroatoms. The van der Waals surface area contributed by atoms with E-state index in [1.165, 1.54) is 18.2 Å². The number of anilines is 1. The third kappa shape index (κ3) is 5.25. The minimum Gasteiger partial charge on any atom is -0.478 e. The summed E-state index contributed by atoms with van der Waals surface area (Å²) in [7, 11) is 0. The van der Waals surface area contributed by atoms with Crippen LogP contribution in [0.25, 0.3) is 0 Å². The summed E-state index contributed by atoms with van der Waals surface area (Å²) in [5, 5.41) is 23.4. The molecule has 1 amide bonds. The summed E-state index contributed by atoms with van der Waals surface area (Å²) in [5.74, 6) is -1.47. The van der Waals surface area contributed by atoms with Crippen molar-refractivity contribution in [3.63, 3.8) is 0 Å². The molecule has 0 aliphatic carbocycles. The van der Waals surface area contributed by atoms with E-state index in [-0.39, 0.29) is 35.3 Å². The lowest BCUT2D eigenvalue weighted by atomic mass is 10.2. The molecule has 0 saturated carbocycles. The van der Waals surface area contributed by atoms with E-state index in [4.69, 9.17) is 21.8 Å². The number of halogens is 1. The number of amides is 1. The topological polar surface area (TPSA) is 98.7 Å². The van der Waals surface area contributed by atoms with Crippen LogP contribution in [0.15, 0.2) is 18.2 Å². The van der Waals surface area contributed by atoms with Gasteiger partial charge in [-0.3, -0.25) is 4.79 Å². The van der Waals surface area contributed by atoms with E-state index in [1.807, 2.05) is 0 Å². The fraction of sp³-hybridized carbons (Fsp3) is 0.333. The van der Waals surface area contributed by atoms with Gasteiger partial charge in [-0.05, 0) is 25.1 Å². The largest absolute Gasteiger partial charge is 0.478 e. The summed E-state index contributed by atoms with van der Waals surface area (Å²) in [6.07, 6.45) is -0.549. The highest BCUT2D eigenvalue weighted by Crippen LogP contribution is 2.22. The van der Waals surface area contributed by atoms with Crippen molar-refractivity contribution in [1.29, 1.82) is 0 Å². The summed E-state index contributed by atoms with van der Waals surface area (Å²) >= 11 is 5.86. The molecule has 0 radical (unpaired) electrons. The van der Waals surface area contributed by atoms with Gasteiger partial charge in [0, 0.05) is 6.54 Å². The first-order chi connectivity index (χ1) is 8.90. The summed E-state index contributed by atoms with van der Waals surface area (Å²) in [6.45, 7) is 1.88. The second kappa shape index (κ2) is 7.08. The minimum absolute atomic E-state index is 0.00146. The van der Waals surface area contributed by atoms with Crippen LogP contribution in [0.1, 0.15) is 17.3 Å². The predicted octanol–water partition coefficient (Wildman–Crippen LogP) is 0.947. The highest BCUT2D eigenvalue weighted by molar-refractivity contribution is 6.33. The average Bonchev–Trinajstić information content (AvgIpc) is 2.31. The zero-order valence-corrected chi connectivity index (χ0v) is 11.1. The SMILES string of the molecule is CC(O)CNCC(=O)Nc1cc(C(=O)O)ccc1Cl. The first-order valence-electron chi connectivity index (χ1n) is 5.61. The van der Waals surface area contributed by atoms with Gasteiger partial charge in [-0.2, -0.15) is 0 Å². The highest BCUT2D eigenvalue weighted by Gasteiger charge is 2.10. The maximum atomic E-state index is 11.6. The molecule has 1 rings (SSSR count). The normalized spacial score (nSPS) is 11.9. The first kappa shape index (κ1) is 15.4. The molecule has 0 heterocycles. The molecule has 0 spiro atoms. The van der Waals surface area contributed by atoms with E-state index in [2.05, 4.69) is 10.6 Å². The Kier molecular flexibility index (Phi) is 5.75. The molecular weight excluding hydrogens is 272 g/mol. The fourth-order valence-corrected chi connectivity index (χ4v) is 1.51. The molecule has 0 aromatic heterocycles. The third-order valence-corrected chi connectivity index (χ3v) is 2.54. The summed E-state index contributed by atoms with van der Waals surface area (Å²) in [6, 6.07) is 4.05. The number of carboxylic acid groups (broad SMARTS) is 1. The van der Waals surface area contributed by atoms with Gasteiger partial charge in [0.15, 0.2) is 0 Å². The summed E-state index contributed by atoms with van der Waals surface area (Å²) < 4.78 is 0. The number of aliphatic hydroxyl groups is 1. The Hall–Kier alpha value is -1.63. The Morgan fingerprint density at radius 2 is 2.11 bits per heavy atom. The Labute approximate surface area is 115 Å². The average molecular weight is 287 g/mol. The zero-order valence-electron chi connectivity index (χ0n) is 10.3. The molecule has 1 atom stereocenters. The van der Waals surface area contributed by atoms with Crippen molar-refractivity contribution >= 4 is 29.2 Å². The van der Waals surface area contributed by atoms with Crippen molar-refractivity contribution in [2.45, 2.75) is 13.0 Å². The van der Waals surface area contributed by atoms with E-state index >= 15 is 0 Å². The molecule has 104 valence electrons. The molecule has 6 nitrogen and oxygen atoms in total. The third-order valence-electron chi connectivity index (χ3n) is 2.21. The van der Waals surface area contributed by atoms with Gasteiger partial charge in [-0.1, -0.05) is 11.6 Å². The number of nitrogens with one attached hydrogen (secondary N) is 2. The Balaban J connectivity index is 2.63. The van der Waals surface area contributed by atoms with E-state index in [0.717, 1.165) is 0 Å². The van der Waals surface area contributed by atoms with Crippen LogP contribution in [0.4, 0.5) is 5.69 Å². The molecule has 1 unspecified atom stereocenters. The van der Waals surface area contributed by atoms with E-state index in [0.29, 0.717) is 0 Å². The number of carboxylic acids is 1. The van der Waals surface area contributed by atoms with Crippen LogP contribution in [-0.4, -0.2) is 41.3 Å². The second-order valence-corrected chi connectivity index (χ2v) is 4.44. The maximum Gasteiger partial charge on any atom is 0.335 e. The lowest BCUT2D eigenvalue weighted by molar-refractivity contribution is -0.115. The number of hydrogen-bond donors (Lipinski definition) is 4. The first-order valence-corrected chi connectivity index (χ1v) is 5.99. The van der Waals surface area contributed by atoms with Crippen molar-refractivity contribution in [2.24, 2.45) is 0 Å². The monoisotopic (exact) mass is 286 g/mol. The number of benzene rings is 1. The van der Waals surface area contributed by atoms with Gasteiger partial charge < -0.3 is 20.8 Å². The van der Waals surface area contributed by atoms with Crippen molar-refractivity contribution in [3.05, 3.63) is 28.8 Å². The van der Waals surface area contributed by atoms with Crippen LogP contribution in [0, 0.1) is 0 Å². The van der Waals surface area contributed by atoms with E-state index in [9.17, 15) is 9.59 Å². The van der Waals surface area contributed by atoms with Crippen LogP contribution in [0.3, 0.4) is 0 Å². The minimum atomic E-state index is -1.10. The molecule has 0 fully saturated rings. The van der Waals surface area contributed by atoms with Gasteiger partial charge in [0.1, 0.15) is 0 Å². The number of hydrogen-bond acceptors (Lipinski definition) is 4. The van der Waals surface area contributed by atoms with Gasteiger partial charge in [0.25, 0.3) is 0 Å². The highest BCUT2D eigenvalue weighted by atomic mass is 35.5. The molecule has 19 heavy (non-hydrogen) atoms. The summed E-state index contributed by atoms with van der Waals surface area (Å²) in [4.78, 5) is 22.4. The van der Waals surface area contributed by atoms with Crippen molar-refractivity contribution < 1.29 is 19.8 Å². The number of rotatable bonds is 6. The molecule has 4 N–H and O–H groups in total. The Morgan fingerprint density at radius 1 is 1.42 bits per heavy atom. The standard InChI is InChI=1S/C12H15ClN2O4/c1-7(16)5-14-6-11(17)15-10-4-8(12(18)19)2-3-9(10)13/h2-4,7,14,16H,5-6H2,1H3,(H,15,17)(H,18,19). The number of carbonyl (C=O) groups excluding carboxylic acids is 1. The van der Waals surface area contributed by atoms with Gasteiger partial charge in [-0.25, -0.2) is 4.79 Å². The van der Waals surface area contributed by atoms with Crippen molar-refractivity contribution in [1.82, 2.24) is 5.32 Å². The smallest absolute Gasteiger partial charge is 0.335 e.